The minimum absolute atomic E-state index is 0.275. The van der Waals surface area contributed by atoms with Crippen molar-refractivity contribution in [2.24, 2.45) is 5.73 Å². The smallest absolute Gasteiger partial charge is 0.434 e. The molecule has 1 rings (SSSR count). The zero-order valence-corrected chi connectivity index (χ0v) is 8.67. The Labute approximate surface area is 85.8 Å². The molecule has 5 nitrogen and oxygen atoms in total. The van der Waals surface area contributed by atoms with Gasteiger partial charge >= 0.3 is 6.16 Å². The molecule has 14 heavy (non-hydrogen) atoms. The first-order valence-corrected chi connectivity index (χ1v) is 5.13. The number of thiazole rings is 1. The number of nitrogens with zero attached hydrogens (tertiary/aromatic N) is 1. The van der Waals surface area contributed by atoms with E-state index in [-0.39, 0.29) is 5.88 Å². The van der Waals surface area contributed by atoms with E-state index in [0.29, 0.717) is 19.6 Å². The molecule has 0 aromatic carbocycles. The van der Waals surface area contributed by atoms with Crippen molar-refractivity contribution in [1.82, 2.24) is 4.98 Å². The fourth-order valence-corrected chi connectivity index (χ4v) is 1.53. The normalized spacial score (nSPS) is 9.86. The molecule has 1 heterocycles. The number of nitrogens with two attached hydrogens (primary N) is 1. The van der Waals surface area contributed by atoms with Gasteiger partial charge in [-0.3, -0.25) is 0 Å². The van der Waals surface area contributed by atoms with Gasteiger partial charge in [0.2, 0.25) is 5.88 Å². The maximum atomic E-state index is 10.9. The zero-order valence-electron chi connectivity index (χ0n) is 7.86. The van der Waals surface area contributed by atoms with Crippen LogP contribution in [0.25, 0.3) is 0 Å². The lowest BCUT2D eigenvalue weighted by Gasteiger charge is -1.99. The van der Waals surface area contributed by atoms with Crippen LogP contribution in [0.5, 0.6) is 5.88 Å². The molecule has 0 atom stereocenters. The highest BCUT2D eigenvalue weighted by molar-refractivity contribution is 7.09. The van der Waals surface area contributed by atoms with Crippen molar-refractivity contribution in [1.29, 1.82) is 0 Å². The minimum atomic E-state index is -0.725. The summed E-state index contributed by atoms with van der Waals surface area (Å²) in [5.74, 6) is 0.275. The molecule has 6 heteroatoms. The zero-order chi connectivity index (χ0) is 10.4. The van der Waals surface area contributed by atoms with Gasteiger partial charge in [0.1, 0.15) is 0 Å². The molecule has 1 aromatic heterocycles. The quantitative estimate of drug-likeness (QED) is 0.765. The van der Waals surface area contributed by atoms with Crippen molar-refractivity contribution in [3.63, 3.8) is 0 Å². The molecular formula is C8H12N2O3S. The highest BCUT2D eigenvalue weighted by Crippen LogP contribution is 2.16. The number of ether oxygens (including phenoxy) is 2. The van der Waals surface area contributed by atoms with Crippen LogP contribution in [-0.4, -0.2) is 24.3 Å². The van der Waals surface area contributed by atoms with Crippen molar-refractivity contribution in [2.45, 2.75) is 13.3 Å². The van der Waals surface area contributed by atoms with Gasteiger partial charge in [-0.2, -0.15) is 0 Å². The molecule has 0 fully saturated rings. The molecule has 0 aliphatic heterocycles. The van der Waals surface area contributed by atoms with Gasteiger partial charge in [-0.25, -0.2) is 9.78 Å². The second kappa shape index (κ2) is 5.56. The number of hydrogen-bond donors (Lipinski definition) is 1. The molecule has 0 unspecified atom stereocenters. The predicted octanol–water partition coefficient (Wildman–Crippen LogP) is 1.18. The van der Waals surface area contributed by atoms with E-state index in [1.807, 2.05) is 0 Å². The van der Waals surface area contributed by atoms with E-state index >= 15 is 0 Å². The Bertz CT molecular complexity index is 301. The van der Waals surface area contributed by atoms with E-state index in [0.717, 1.165) is 5.01 Å². The van der Waals surface area contributed by atoms with E-state index in [2.05, 4.69) is 9.72 Å². The Morgan fingerprint density at radius 2 is 2.50 bits per heavy atom. The van der Waals surface area contributed by atoms with Gasteiger partial charge in [-0.1, -0.05) is 0 Å². The second-order valence-electron chi connectivity index (χ2n) is 2.40. The van der Waals surface area contributed by atoms with Gasteiger partial charge in [-0.05, 0) is 13.5 Å². The molecule has 0 radical (unpaired) electrons. The van der Waals surface area contributed by atoms with Crippen LogP contribution in [0.2, 0.25) is 0 Å². The minimum Gasteiger partial charge on any atom is -0.434 e. The van der Waals surface area contributed by atoms with Crippen LogP contribution in [0, 0.1) is 0 Å². The number of rotatable bonds is 4. The van der Waals surface area contributed by atoms with Gasteiger partial charge in [0.05, 0.1) is 17.0 Å². The summed E-state index contributed by atoms with van der Waals surface area (Å²) < 4.78 is 9.37. The van der Waals surface area contributed by atoms with Crippen LogP contribution in [0.3, 0.4) is 0 Å². The summed E-state index contributed by atoms with van der Waals surface area (Å²) in [4.78, 5) is 14.9. The lowest BCUT2D eigenvalue weighted by molar-refractivity contribution is 0.103. The molecule has 2 N–H and O–H groups in total. The monoisotopic (exact) mass is 216 g/mol. The summed E-state index contributed by atoms with van der Waals surface area (Å²) in [5.41, 5.74) is 5.35. The van der Waals surface area contributed by atoms with E-state index in [1.54, 1.807) is 12.3 Å². The standard InChI is InChI=1S/C8H12N2O3S/c1-2-12-8(11)13-6-5-14-7(10-6)3-4-9/h5H,2-4,9H2,1H3. The van der Waals surface area contributed by atoms with Crippen molar-refractivity contribution < 1.29 is 14.3 Å². The first-order chi connectivity index (χ1) is 6.76. The number of carbonyl (C=O) groups is 1. The lowest BCUT2D eigenvalue weighted by atomic mass is 10.5. The average Bonchev–Trinajstić information content (AvgIpc) is 2.53. The highest BCUT2D eigenvalue weighted by Gasteiger charge is 2.08. The van der Waals surface area contributed by atoms with Crippen LogP contribution in [0.1, 0.15) is 11.9 Å². The van der Waals surface area contributed by atoms with E-state index in [9.17, 15) is 4.79 Å². The van der Waals surface area contributed by atoms with Crippen LogP contribution in [-0.2, 0) is 11.2 Å². The Kier molecular flexibility index (Phi) is 4.34. The molecule has 0 saturated carbocycles. The molecule has 78 valence electrons. The van der Waals surface area contributed by atoms with Gasteiger partial charge in [0.25, 0.3) is 0 Å². The summed E-state index contributed by atoms with van der Waals surface area (Å²) in [6.45, 7) is 2.53. The van der Waals surface area contributed by atoms with Crippen molar-refractivity contribution in [3.05, 3.63) is 10.4 Å². The molecule has 0 bridgehead atoms. The second-order valence-corrected chi connectivity index (χ2v) is 3.35. The molecular weight excluding hydrogens is 204 g/mol. The molecule has 0 aliphatic rings. The SMILES string of the molecule is CCOC(=O)Oc1csc(CCN)n1. The molecule has 0 saturated heterocycles. The van der Waals surface area contributed by atoms with Crippen LogP contribution in [0.15, 0.2) is 5.38 Å². The first kappa shape index (κ1) is 10.9. The number of hydrogen-bond acceptors (Lipinski definition) is 6. The summed E-state index contributed by atoms with van der Waals surface area (Å²) in [6, 6.07) is 0. The Balaban J connectivity index is 2.46. The van der Waals surface area contributed by atoms with Crippen molar-refractivity contribution in [3.8, 4) is 5.88 Å². The third kappa shape index (κ3) is 3.31. The number of carbonyl (C=O) groups excluding carboxylic acids is 1. The predicted molar refractivity (Wildman–Crippen MR) is 52.5 cm³/mol. The van der Waals surface area contributed by atoms with Crippen LogP contribution in [0.4, 0.5) is 4.79 Å². The van der Waals surface area contributed by atoms with Gasteiger partial charge in [-0.15, -0.1) is 11.3 Å². The molecule has 0 spiro atoms. The molecule has 0 amide bonds. The maximum absolute atomic E-state index is 10.9. The summed E-state index contributed by atoms with van der Waals surface area (Å²) >= 11 is 1.41. The van der Waals surface area contributed by atoms with Gasteiger partial charge in [0, 0.05) is 6.42 Å². The van der Waals surface area contributed by atoms with E-state index < -0.39 is 6.16 Å². The summed E-state index contributed by atoms with van der Waals surface area (Å²) in [5, 5.41) is 2.51. The van der Waals surface area contributed by atoms with Crippen molar-refractivity contribution in [2.75, 3.05) is 13.2 Å². The van der Waals surface area contributed by atoms with Crippen molar-refractivity contribution >= 4 is 17.5 Å². The topological polar surface area (TPSA) is 74.4 Å². The van der Waals surface area contributed by atoms with E-state index in [4.69, 9.17) is 10.5 Å². The van der Waals surface area contributed by atoms with Crippen LogP contribution < -0.4 is 10.5 Å². The fourth-order valence-electron chi connectivity index (χ4n) is 0.812. The lowest BCUT2D eigenvalue weighted by Crippen LogP contribution is -2.10. The van der Waals surface area contributed by atoms with Crippen LogP contribution >= 0.6 is 11.3 Å². The Hall–Kier alpha value is -1.14. The summed E-state index contributed by atoms with van der Waals surface area (Å²) in [6.07, 6.45) is -0.0336. The first-order valence-electron chi connectivity index (χ1n) is 4.25. The Morgan fingerprint density at radius 3 is 3.14 bits per heavy atom. The summed E-state index contributed by atoms with van der Waals surface area (Å²) in [7, 11) is 0. The highest BCUT2D eigenvalue weighted by atomic mass is 32.1. The maximum Gasteiger partial charge on any atom is 0.515 e. The van der Waals surface area contributed by atoms with Gasteiger partial charge in [0.15, 0.2) is 0 Å². The number of aromatic nitrogens is 1. The third-order valence-corrected chi connectivity index (χ3v) is 2.23. The van der Waals surface area contributed by atoms with Gasteiger partial charge < -0.3 is 15.2 Å². The molecule has 0 aliphatic carbocycles. The third-order valence-electron chi connectivity index (χ3n) is 1.34. The average molecular weight is 216 g/mol. The largest absolute Gasteiger partial charge is 0.515 e. The van der Waals surface area contributed by atoms with E-state index in [1.165, 1.54) is 11.3 Å². The fraction of sp³-hybridized carbons (Fsp3) is 0.500. The Morgan fingerprint density at radius 1 is 1.71 bits per heavy atom. The molecule has 1 aromatic rings.